The monoisotopic (exact) mass is 299 g/mol. The van der Waals surface area contributed by atoms with Gasteiger partial charge in [0, 0.05) is 12.6 Å². The molecule has 0 amide bonds. The van der Waals surface area contributed by atoms with E-state index in [1.165, 1.54) is 12.3 Å². The lowest BCUT2D eigenvalue weighted by Gasteiger charge is -2.12. The van der Waals surface area contributed by atoms with E-state index in [1.54, 1.807) is 19.9 Å². The fourth-order valence-electron chi connectivity index (χ4n) is 2.53. The lowest BCUT2D eigenvalue weighted by molar-refractivity contribution is 0.0521. The number of fused-ring (bicyclic) bond motifs is 2. The van der Waals surface area contributed by atoms with Crippen molar-refractivity contribution in [2.24, 2.45) is 0 Å². The topological polar surface area (TPSA) is 86.5 Å². The minimum absolute atomic E-state index is 0.0131. The second-order valence-corrected chi connectivity index (χ2v) is 4.74. The number of ether oxygens (including phenoxy) is 1. The van der Waals surface area contributed by atoms with Gasteiger partial charge >= 0.3 is 5.97 Å². The second-order valence-electron chi connectivity index (χ2n) is 4.74. The molecule has 3 rings (SSSR count). The third-order valence-corrected chi connectivity index (χ3v) is 3.48. The van der Waals surface area contributed by atoms with E-state index in [0.717, 1.165) is 0 Å². The smallest absolute Gasteiger partial charge is 0.342 e. The van der Waals surface area contributed by atoms with Crippen LogP contribution in [0.2, 0.25) is 0 Å². The van der Waals surface area contributed by atoms with Crippen molar-refractivity contribution >= 4 is 17.5 Å². The quantitative estimate of drug-likeness (QED) is 0.689. The minimum Gasteiger partial charge on any atom is -0.462 e. The van der Waals surface area contributed by atoms with Gasteiger partial charge in [-0.15, -0.1) is 0 Å². The summed E-state index contributed by atoms with van der Waals surface area (Å²) in [5.41, 5.74) is 0.258. The molecule has 0 N–H and O–H groups in total. The minimum atomic E-state index is -0.655. The Morgan fingerprint density at radius 3 is 2.73 bits per heavy atom. The fourth-order valence-corrected chi connectivity index (χ4v) is 2.53. The van der Waals surface area contributed by atoms with Crippen LogP contribution in [0.15, 0.2) is 22.7 Å². The van der Waals surface area contributed by atoms with Gasteiger partial charge in [-0.1, -0.05) is 6.92 Å². The molecule has 2 heterocycles. The van der Waals surface area contributed by atoms with Gasteiger partial charge in [-0.05, 0) is 19.1 Å². The van der Waals surface area contributed by atoms with Crippen LogP contribution in [-0.4, -0.2) is 29.1 Å². The number of aromatic nitrogens is 1. The van der Waals surface area contributed by atoms with Crippen molar-refractivity contribution in [3.05, 3.63) is 52.2 Å². The summed E-state index contributed by atoms with van der Waals surface area (Å²) in [6, 6.07) is 3.08. The molecule has 22 heavy (non-hydrogen) atoms. The number of carbonyl (C=O) groups is 3. The Bertz CT molecular complexity index is 803. The average Bonchev–Trinajstić information content (AvgIpc) is 2.93. The number of aryl methyl sites for hydroxylation is 1. The predicted molar refractivity (Wildman–Crippen MR) is 75.1 cm³/mol. The lowest BCUT2D eigenvalue weighted by Crippen LogP contribution is -2.23. The first-order chi connectivity index (χ1) is 10.6. The molecule has 2 aromatic heterocycles. The number of furan rings is 1. The first-order valence-corrected chi connectivity index (χ1v) is 6.97. The Balaban J connectivity index is 2.26. The van der Waals surface area contributed by atoms with Crippen molar-refractivity contribution in [3.8, 4) is 0 Å². The lowest BCUT2D eigenvalue weighted by atomic mass is 9.89. The molecule has 1 aliphatic rings. The summed E-state index contributed by atoms with van der Waals surface area (Å²) in [7, 11) is 0. The Morgan fingerprint density at radius 2 is 2.05 bits per heavy atom. The van der Waals surface area contributed by atoms with E-state index in [-0.39, 0.29) is 40.5 Å². The van der Waals surface area contributed by atoms with Gasteiger partial charge in [0.1, 0.15) is 17.0 Å². The van der Waals surface area contributed by atoms with Gasteiger partial charge in [0.2, 0.25) is 5.78 Å². The van der Waals surface area contributed by atoms with Crippen molar-refractivity contribution in [3.63, 3.8) is 0 Å². The van der Waals surface area contributed by atoms with Crippen LogP contribution in [0.4, 0.5) is 0 Å². The molecule has 112 valence electrons. The van der Waals surface area contributed by atoms with Crippen molar-refractivity contribution in [2.75, 3.05) is 6.61 Å². The Labute approximate surface area is 126 Å². The van der Waals surface area contributed by atoms with Crippen molar-refractivity contribution < 1.29 is 23.5 Å². The first kappa shape index (κ1) is 14.2. The van der Waals surface area contributed by atoms with Crippen molar-refractivity contribution in [2.45, 2.75) is 20.3 Å². The van der Waals surface area contributed by atoms with Crippen LogP contribution in [0.25, 0.3) is 0 Å². The van der Waals surface area contributed by atoms with Gasteiger partial charge in [0.15, 0.2) is 11.5 Å². The van der Waals surface area contributed by atoms with Gasteiger partial charge in [-0.25, -0.2) is 4.79 Å². The Hall–Kier alpha value is -2.76. The number of pyridine rings is 1. The van der Waals surface area contributed by atoms with Crippen LogP contribution in [-0.2, 0) is 11.2 Å². The molecule has 0 aliphatic heterocycles. The van der Waals surface area contributed by atoms with E-state index in [9.17, 15) is 14.4 Å². The van der Waals surface area contributed by atoms with Gasteiger partial charge in [-0.2, -0.15) is 0 Å². The summed E-state index contributed by atoms with van der Waals surface area (Å²) in [5, 5.41) is 0. The normalized spacial score (nSPS) is 12.8. The van der Waals surface area contributed by atoms with E-state index in [1.807, 2.05) is 0 Å². The molecule has 0 saturated carbocycles. The van der Waals surface area contributed by atoms with Crippen LogP contribution >= 0.6 is 0 Å². The van der Waals surface area contributed by atoms with Crippen LogP contribution in [0.1, 0.15) is 62.1 Å². The molecule has 0 unspecified atom stereocenters. The predicted octanol–water partition coefficient (Wildman–Crippen LogP) is 2.19. The molecule has 0 bridgehead atoms. The molecule has 2 aromatic rings. The number of carbonyl (C=O) groups excluding carboxylic acids is 3. The van der Waals surface area contributed by atoms with Crippen LogP contribution in [0, 0.1) is 0 Å². The fraction of sp³-hybridized carbons (Fsp3) is 0.250. The number of esters is 1. The Kier molecular flexibility index (Phi) is 3.36. The van der Waals surface area contributed by atoms with E-state index in [2.05, 4.69) is 4.98 Å². The van der Waals surface area contributed by atoms with Crippen LogP contribution < -0.4 is 0 Å². The highest BCUT2D eigenvalue weighted by molar-refractivity contribution is 6.29. The molecule has 6 nitrogen and oxygen atoms in total. The maximum Gasteiger partial charge on any atom is 0.342 e. The second kappa shape index (κ2) is 5.22. The van der Waals surface area contributed by atoms with Gasteiger partial charge in [-0.3, -0.25) is 14.6 Å². The SMILES string of the molecule is CCOC(=O)c1c(CC)oc2c1C(=O)c1cccnc1C2=O. The number of nitrogens with zero attached hydrogens (tertiary/aromatic N) is 1. The molecule has 0 atom stereocenters. The first-order valence-electron chi connectivity index (χ1n) is 6.97. The molecule has 0 radical (unpaired) electrons. The van der Waals surface area contributed by atoms with E-state index in [0.29, 0.717) is 6.42 Å². The summed E-state index contributed by atoms with van der Waals surface area (Å²) >= 11 is 0. The molecular formula is C16H13NO5. The zero-order valence-corrected chi connectivity index (χ0v) is 12.1. The zero-order valence-electron chi connectivity index (χ0n) is 12.1. The highest BCUT2D eigenvalue weighted by atomic mass is 16.5. The number of hydrogen-bond donors (Lipinski definition) is 0. The third-order valence-electron chi connectivity index (χ3n) is 3.48. The van der Waals surface area contributed by atoms with Crippen molar-refractivity contribution in [1.82, 2.24) is 4.98 Å². The molecular weight excluding hydrogens is 286 g/mol. The van der Waals surface area contributed by atoms with E-state index in [4.69, 9.17) is 9.15 Å². The van der Waals surface area contributed by atoms with Gasteiger partial charge in [0.05, 0.1) is 17.7 Å². The standard InChI is InChI=1S/C16H13NO5/c1-3-9-10(16(20)21-4-2)11-13(18)8-6-5-7-17-12(8)14(19)15(11)22-9/h5-7H,3-4H2,1-2H3. The maximum atomic E-state index is 12.7. The molecule has 0 aromatic carbocycles. The molecule has 6 heteroatoms. The third kappa shape index (κ3) is 1.88. The van der Waals surface area contributed by atoms with Crippen LogP contribution in [0.5, 0.6) is 0 Å². The van der Waals surface area contributed by atoms with E-state index < -0.39 is 17.5 Å². The zero-order chi connectivity index (χ0) is 15.9. The van der Waals surface area contributed by atoms with Gasteiger partial charge in [0.25, 0.3) is 0 Å². The molecule has 1 aliphatic carbocycles. The summed E-state index contributed by atoms with van der Waals surface area (Å²) < 4.78 is 10.5. The number of ketones is 2. The number of rotatable bonds is 3. The number of hydrogen-bond acceptors (Lipinski definition) is 6. The van der Waals surface area contributed by atoms with Gasteiger partial charge < -0.3 is 9.15 Å². The largest absolute Gasteiger partial charge is 0.462 e. The highest BCUT2D eigenvalue weighted by Crippen LogP contribution is 2.33. The highest BCUT2D eigenvalue weighted by Gasteiger charge is 2.40. The summed E-state index contributed by atoms with van der Waals surface area (Å²) in [6.07, 6.45) is 1.80. The summed E-state index contributed by atoms with van der Waals surface area (Å²) in [5.74, 6) is -1.44. The molecule has 0 saturated heterocycles. The van der Waals surface area contributed by atoms with Crippen molar-refractivity contribution in [1.29, 1.82) is 0 Å². The molecule has 0 spiro atoms. The average molecular weight is 299 g/mol. The maximum absolute atomic E-state index is 12.7. The van der Waals surface area contributed by atoms with Crippen LogP contribution in [0.3, 0.4) is 0 Å². The van der Waals surface area contributed by atoms with E-state index >= 15 is 0 Å². The molecule has 0 fully saturated rings. The summed E-state index contributed by atoms with van der Waals surface area (Å²) in [6.45, 7) is 3.61. The summed E-state index contributed by atoms with van der Waals surface area (Å²) in [4.78, 5) is 41.2. The Morgan fingerprint density at radius 1 is 1.27 bits per heavy atom.